The number of aliphatic hydroxyl groups is 1. The van der Waals surface area contributed by atoms with Crippen LogP contribution in [0.2, 0.25) is 5.02 Å². The van der Waals surface area contributed by atoms with Crippen LogP contribution in [0.4, 0.5) is 37.0 Å². The van der Waals surface area contributed by atoms with Crippen molar-refractivity contribution in [1.29, 1.82) is 0 Å². The molecule has 0 spiro atoms. The fraction of sp³-hybridized carbons (Fsp3) is 0.367. The van der Waals surface area contributed by atoms with Crippen LogP contribution in [0, 0.1) is 0 Å². The van der Waals surface area contributed by atoms with Crippen LogP contribution in [-0.4, -0.2) is 52.8 Å². The number of sulfonamides is 1. The van der Waals surface area contributed by atoms with Gasteiger partial charge in [0.2, 0.25) is 10.0 Å². The molecule has 0 saturated heterocycles. The lowest BCUT2D eigenvalue weighted by molar-refractivity contribution is -0.376. The Balaban J connectivity index is 1.62. The summed E-state index contributed by atoms with van der Waals surface area (Å²) in [6.45, 7) is 4.97. The number of ether oxygens (including phenoxy) is 1. The molecule has 4 aromatic rings. The number of aromatic nitrogens is 2. The number of hydrogen-bond acceptors (Lipinski definition) is 8. The third kappa shape index (κ3) is 7.24. The summed E-state index contributed by atoms with van der Waals surface area (Å²) in [5.41, 5.74) is -7.68. The highest BCUT2D eigenvalue weighted by Gasteiger charge is 2.71. The zero-order valence-corrected chi connectivity index (χ0v) is 27.6. The highest BCUT2D eigenvalue weighted by Crippen LogP contribution is 2.50. The normalized spacial score (nSPS) is 15.4. The molecule has 48 heavy (non-hydrogen) atoms. The van der Waals surface area contributed by atoms with Crippen molar-refractivity contribution in [2.45, 2.75) is 68.5 Å². The van der Waals surface area contributed by atoms with Crippen molar-refractivity contribution < 1.29 is 49.4 Å². The maximum atomic E-state index is 13.6. The van der Waals surface area contributed by atoms with Gasteiger partial charge in [0.05, 0.1) is 27.7 Å². The second-order valence-electron chi connectivity index (χ2n) is 12.0. The van der Waals surface area contributed by atoms with Crippen molar-refractivity contribution in [3.63, 3.8) is 0 Å². The van der Waals surface area contributed by atoms with Gasteiger partial charge in [-0.1, -0.05) is 29.8 Å². The van der Waals surface area contributed by atoms with Crippen LogP contribution in [0.15, 0.2) is 54.7 Å². The van der Waals surface area contributed by atoms with Crippen LogP contribution in [0.5, 0.6) is 0 Å². The van der Waals surface area contributed by atoms with Crippen LogP contribution >= 0.6 is 22.9 Å². The Morgan fingerprint density at radius 2 is 1.71 bits per heavy atom. The molecule has 5 rings (SSSR count). The second kappa shape index (κ2) is 12.4. The van der Waals surface area contributed by atoms with Crippen molar-refractivity contribution in [3.05, 3.63) is 75.9 Å². The standard InChI is InChI=1S/C30H27ClF6N4O5S2/c1-27(2,3)46-26(42)40-22-10-9-19(31)23(39-22)24(41-48(44,45)17-7-8-17)21-13-15-5-4-6-18(25(15)47-21)20-14-16(11-12-38-20)28(43,29(32,33)34)30(35,36)37/h4-6,9-14,17,24,41,43H,7-8H2,1-3H3,(H,39,40,42). The lowest BCUT2D eigenvalue weighted by Crippen LogP contribution is -2.53. The van der Waals surface area contributed by atoms with Crippen molar-refractivity contribution >= 4 is 55.0 Å². The van der Waals surface area contributed by atoms with Gasteiger partial charge in [0.1, 0.15) is 11.4 Å². The molecule has 0 bridgehead atoms. The van der Waals surface area contributed by atoms with E-state index in [-0.39, 0.29) is 27.8 Å². The minimum Gasteiger partial charge on any atom is -0.444 e. The van der Waals surface area contributed by atoms with Gasteiger partial charge in [-0.2, -0.15) is 26.3 Å². The highest BCUT2D eigenvalue weighted by molar-refractivity contribution is 7.90. The van der Waals surface area contributed by atoms with Crippen molar-refractivity contribution in [2.24, 2.45) is 0 Å². The molecule has 258 valence electrons. The first-order valence-electron chi connectivity index (χ1n) is 14.1. The number of thiophene rings is 1. The molecule has 1 unspecified atom stereocenters. The zero-order chi connectivity index (χ0) is 35.4. The third-order valence-electron chi connectivity index (χ3n) is 7.14. The van der Waals surface area contributed by atoms with E-state index in [4.69, 9.17) is 16.3 Å². The predicted molar refractivity (Wildman–Crippen MR) is 167 cm³/mol. The summed E-state index contributed by atoms with van der Waals surface area (Å²) in [4.78, 5) is 21.1. The smallest absolute Gasteiger partial charge is 0.430 e. The summed E-state index contributed by atoms with van der Waals surface area (Å²) in [5, 5.41) is 12.2. The van der Waals surface area contributed by atoms with Gasteiger partial charge in [-0.05, 0) is 69.3 Å². The monoisotopic (exact) mass is 736 g/mol. The van der Waals surface area contributed by atoms with E-state index in [1.807, 2.05) is 0 Å². The molecular formula is C30H27ClF6N4O5S2. The Bertz CT molecular complexity index is 1960. The Hall–Kier alpha value is -3.51. The van der Waals surface area contributed by atoms with Gasteiger partial charge in [-0.25, -0.2) is 22.9 Å². The number of nitrogens with zero attached hydrogens (tertiary/aromatic N) is 2. The maximum Gasteiger partial charge on any atom is 0.430 e. The Labute approximate surface area is 279 Å². The summed E-state index contributed by atoms with van der Waals surface area (Å²) in [6.07, 6.45) is -11.5. The molecule has 1 amide bonds. The van der Waals surface area contributed by atoms with E-state index >= 15 is 0 Å². The summed E-state index contributed by atoms with van der Waals surface area (Å²) >= 11 is 7.48. The van der Waals surface area contributed by atoms with Gasteiger partial charge < -0.3 is 9.84 Å². The summed E-state index contributed by atoms with van der Waals surface area (Å²) in [5.74, 6) is -0.0103. The molecule has 18 heteroatoms. The molecule has 1 fully saturated rings. The van der Waals surface area contributed by atoms with Crippen LogP contribution in [0.3, 0.4) is 0 Å². The number of carbonyl (C=O) groups is 1. The molecule has 9 nitrogen and oxygen atoms in total. The average molecular weight is 737 g/mol. The van der Waals surface area contributed by atoms with E-state index in [1.54, 1.807) is 32.9 Å². The Morgan fingerprint density at radius 1 is 1.04 bits per heavy atom. The minimum atomic E-state index is -6.10. The first-order chi connectivity index (χ1) is 22.1. The molecule has 0 aliphatic heterocycles. The maximum absolute atomic E-state index is 13.6. The van der Waals surface area contributed by atoms with Gasteiger partial charge >= 0.3 is 18.4 Å². The van der Waals surface area contributed by atoms with Crippen LogP contribution < -0.4 is 10.0 Å². The summed E-state index contributed by atoms with van der Waals surface area (Å²) in [7, 11) is -3.92. The van der Waals surface area contributed by atoms with E-state index < -0.39 is 56.5 Å². The number of amides is 1. The molecule has 1 saturated carbocycles. The molecule has 1 aliphatic rings. The van der Waals surface area contributed by atoms with Gasteiger partial charge in [-0.3, -0.25) is 10.3 Å². The first kappa shape index (κ1) is 35.8. The lowest BCUT2D eigenvalue weighted by Gasteiger charge is -2.32. The minimum absolute atomic E-state index is 0.00287. The Morgan fingerprint density at radius 3 is 2.31 bits per heavy atom. The molecule has 0 radical (unpaired) electrons. The molecule has 3 N–H and O–H groups in total. The van der Waals surface area contributed by atoms with Crippen LogP contribution in [0.25, 0.3) is 21.3 Å². The number of nitrogens with one attached hydrogen (secondary N) is 2. The van der Waals surface area contributed by atoms with E-state index in [9.17, 15) is 44.7 Å². The fourth-order valence-electron chi connectivity index (χ4n) is 4.74. The zero-order valence-electron chi connectivity index (χ0n) is 25.2. The average Bonchev–Trinajstić information content (AvgIpc) is 3.74. The number of alkyl halides is 6. The van der Waals surface area contributed by atoms with E-state index in [0.717, 1.165) is 17.5 Å². The van der Waals surface area contributed by atoms with Crippen LogP contribution in [-0.2, 0) is 20.4 Å². The quantitative estimate of drug-likeness (QED) is 0.157. The molecule has 1 aliphatic carbocycles. The third-order valence-corrected chi connectivity index (χ3v) is 10.6. The van der Waals surface area contributed by atoms with Gasteiger partial charge in [0.15, 0.2) is 0 Å². The number of pyridine rings is 2. The summed E-state index contributed by atoms with van der Waals surface area (Å²) < 4.78 is 116. The predicted octanol–water partition coefficient (Wildman–Crippen LogP) is 7.84. The Kier molecular flexibility index (Phi) is 9.26. The highest BCUT2D eigenvalue weighted by atomic mass is 35.5. The molecule has 3 aromatic heterocycles. The summed E-state index contributed by atoms with van der Waals surface area (Å²) in [6, 6.07) is 8.56. The fourth-order valence-corrected chi connectivity index (χ4v) is 7.79. The van der Waals surface area contributed by atoms with Gasteiger partial charge in [-0.15, -0.1) is 11.3 Å². The number of rotatable bonds is 8. The largest absolute Gasteiger partial charge is 0.444 e. The number of anilines is 1. The van der Waals surface area contributed by atoms with E-state index in [1.165, 1.54) is 24.3 Å². The number of benzene rings is 1. The van der Waals surface area contributed by atoms with Gasteiger partial charge in [0, 0.05) is 26.9 Å². The number of halogens is 7. The van der Waals surface area contributed by atoms with Crippen molar-refractivity contribution in [1.82, 2.24) is 14.7 Å². The first-order valence-corrected chi connectivity index (χ1v) is 16.9. The number of carbonyl (C=O) groups excluding carboxylic acids is 1. The van der Waals surface area contributed by atoms with Crippen molar-refractivity contribution in [2.75, 3.05) is 5.32 Å². The van der Waals surface area contributed by atoms with Crippen LogP contribution in [0.1, 0.15) is 55.8 Å². The van der Waals surface area contributed by atoms with Crippen molar-refractivity contribution in [3.8, 4) is 11.3 Å². The lowest BCUT2D eigenvalue weighted by atomic mass is 9.91. The topological polar surface area (TPSA) is 131 Å². The van der Waals surface area contributed by atoms with E-state index in [2.05, 4.69) is 20.0 Å². The number of fused-ring (bicyclic) bond motifs is 1. The number of hydrogen-bond donors (Lipinski definition) is 3. The molecule has 1 atom stereocenters. The molecule has 3 heterocycles. The molecular weight excluding hydrogens is 710 g/mol. The van der Waals surface area contributed by atoms with Gasteiger partial charge in [0.25, 0.3) is 5.60 Å². The second-order valence-corrected chi connectivity index (χ2v) is 15.5. The molecule has 1 aromatic carbocycles. The SMILES string of the molecule is CC(C)(C)OC(=O)Nc1ccc(Cl)c(C(NS(=O)(=O)C2CC2)c2cc3cccc(-c4cc(C(O)(C(F)(F)F)C(F)(F)F)ccn4)c3s2)n1. The van der Waals surface area contributed by atoms with E-state index in [0.29, 0.717) is 39.9 Å².